The summed E-state index contributed by atoms with van der Waals surface area (Å²) >= 11 is 5.95. The van der Waals surface area contributed by atoms with E-state index in [2.05, 4.69) is 14.9 Å². The van der Waals surface area contributed by atoms with Crippen molar-refractivity contribution >= 4 is 17.5 Å². The summed E-state index contributed by atoms with van der Waals surface area (Å²) in [7, 11) is 0. The topological polar surface area (TPSA) is 49.3 Å². The predicted octanol–water partition coefficient (Wildman–Crippen LogP) is 3.14. The number of carbonyl (C=O) groups excluding carboxylic acids is 1. The van der Waals surface area contributed by atoms with E-state index >= 15 is 0 Å². The molecular weight excluding hydrogens is 348 g/mol. The van der Waals surface area contributed by atoms with Gasteiger partial charge in [0.25, 0.3) is 0 Å². The molecule has 2 aromatic rings. The van der Waals surface area contributed by atoms with Crippen LogP contribution in [0.3, 0.4) is 0 Å². The van der Waals surface area contributed by atoms with Gasteiger partial charge in [0.15, 0.2) is 0 Å². The molecule has 2 aliphatic rings. The van der Waals surface area contributed by atoms with Gasteiger partial charge < -0.3 is 4.90 Å². The summed E-state index contributed by atoms with van der Waals surface area (Å²) in [5, 5.41) is 0.731. The van der Waals surface area contributed by atoms with Gasteiger partial charge in [-0.25, -0.2) is 9.97 Å². The predicted molar refractivity (Wildman–Crippen MR) is 100 cm³/mol. The number of benzene rings is 1. The Morgan fingerprint density at radius 1 is 1.00 bits per heavy atom. The van der Waals surface area contributed by atoms with E-state index in [9.17, 15) is 4.79 Å². The highest BCUT2D eigenvalue weighted by atomic mass is 35.5. The van der Waals surface area contributed by atoms with Crippen molar-refractivity contribution in [1.29, 1.82) is 0 Å². The standard InChI is InChI=1S/C20H23ClN4O/c21-18-3-1-16(2-4-18)13-25-14-20(9-19(25)26)5-7-24(8-6-20)12-17-10-22-15-23-11-17/h1-4,10-11,15H,5-9,12-14H2. The van der Waals surface area contributed by atoms with Crippen LogP contribution in [0.15, 0.2) is 43.0 Å². The van der Waals surface area contributed by atoms with E-state index in [1.807, 2.05) is 41.6 Å². The van der Waals surface area contributed by atoms with Crippen molar-refractivity contribution < 1.29 is 4.79 Å². The second-order valence-corrected chi connectivity index (χ2v) is 8.01. The SMILES string of the molecule is O=C1CC2(CCN(Cc3cncnc3)CC2)CN1Cc1ccc(Cl)cc1. The molecule has 3 heterocycles. The molecule has 26 heavy (non-hydrogen) atoms. The molecule has 2 fully saturated rings. The number of aromatic nitrogens is 2. The molecule has 6 heteroatoms. The van der Waals surface area contributed by atoms with Crippen LogP contribution in [0.4, 0.5) is 0 Å². The number of carbonyl (C=O) groups is 1. The maximum atomic E-state index is 12.6. The van der Waals surface area contributed by atoms with Crippen LogP contribution in [0.2, 0.25) is 5.02 Å². The lowest BCUT2D eigenvalue weighted by Crippen LogP contribution is -2.41. The maximum Gasteiger partial charge on any atom is 0.223 e. The number of halogens is 1. The fourth-order valence-electron chi connectivity index (χ4n) is 4.13. The molecule has 0 saturated carbocycles. The van der Waals surface area contributed by atoms with Gasteiger partial charge in [-0.3, -0.25) is 9.69 Å². The number of amides is 1. The van der Waals surface area contributed by atoms with Crippen molar-refractivity contribution in [2.45, 2.75) is 32.4 Å². The minimum absolute atomic E-state index is 0.146. The van der Waals surface area contributed by atoms with Crippen molar-refractivity contribution in [3.05, 3.63) is 59.1 Å². The Balaban J connectivity index is 1.34. The third-order valence-electron chi connectivity index (χ3n) is 5.63. The number of hydrogen-bond donors (Lipinski definition) is 0. The summed E-state index contributed by atoms with van der Waals surface area (Å²) in [6, 6.07) is 7.79. The molecule has 1 amide bonds. The van der Waals surface area contributed by atoms with E-state index in [-0.39, 0.29) is 11.3 Å². The lowest BCUT2D eigenvalue weighted by molar-refractivity contribution is -0.128. The zero-order valence-corrected chi connectivity index (χ0v) is 15.5. The van der Waals surface area contributed by atoms with E-state index < -0.39 is 0 Å². The highest BCUT2D eigenvalue weighted by molar-refractivity contribution is 6.30. The smallest absolute Gasteiger partial charge is 0.223 e. The van der Waals surface area contributed by atoms with Crippen LogP contribution in [0, 0.1) is 5.41 Å². The van der Waals surface area contributed by atoms with Gasteiger partial charge in [0.05, 0.1) is 0 Å². The first-order chi connectivity index (χ1) is 12.6. The number of hydrogen-bond acceptors (Lipinski definition) is 4. The van der Waals surface area contributed by atoms with Gasteiger partial charge in [0, 0.05) is 49.0 Å². The lowest BCUT2D eigenvalue weighted by atomic mass is 9.77. The first kappa shape index (κ1) is 17.4. The average molecular weight is 371 g/mol. The van der Waals surface area contributed by atoms with Crippen LogP contribution in [-0.4, -0.2) is 45.3 Å². The van der Waals surface area contributed by atoms with Gasteiger partial charge in [-0.15, -0.1) is 0 Å². The Bertz CT molecular complexity index is 757. The third-order valence-corrected chi connectivity index (χ3v) is 5.88. The molecule has 1 aromatic heterocycles. The highest BCUT2D eigenvalue weighted by Gasteiger charge is 2.44. The molecule has 2 aliphatic heterocycles. The molecular formula is C20H23ClN4O. The maximum absolute atomic E-state index is 12.6. The van der Waals surface area contributed by atoms with Gasteiger partial charge in [-0.05, 0) is 49.0 Å². The van der Waals surface area contributed by atoms with Gasteiger partial charge >= 0.3 is 0 Å². The van der Waals surface area contributed by atoms with Crippen LogP contribution < -0.4 is 0 Å². The van der Waals surface area contributed by atoms with Gasteiger partial charge in [-0.2, -0.15) is 0 Å². The van der Waals surface area contributed by atoms with E-state index in [0.717, 1.165) is 55.2 Å². The fourth-order valence-corrected chi connectivity index (χ4v) is 4.25. The molecule has 0 radical (unpaired) electrons. The number of nitrogens with zero attached hydrogens (tertiary/aromatic N) is 4. The van der Waals surface area contributed by atoms with Gasteiger partial charge in [-0.1, -0.05) is 23.7 Å². The van der Waals surface area contributed by atoms with Gasteiger partial charge in [0.1, 0.15) is 6.33 Å². The second kappa shape index (κ2) is 7.33. The Morgan fingerprint density at radius 2 is 1.69 bits per heavy atom. The van der Waals surface area contributed by atoms with Crippen molar-refractivity contribution in [3.63, 3.8) is 0 Å². The molecule has 1 aromatic carbocycles. The Kier molecular flexibility index (Phi) is 4.92. The van der Waals surface area contributed by atoms with Gasteiger partial charge in [0.2, 0.25) is 5.91 Å². The quantitative estimate of drug-likeness (QED) is 0.829. The van der Waals surface area contributed by atoms with Crippen LogP contribution >= 0.6 is 11.6 Å². The summed E-state index contributed by atoms with van der Waals surface area (Å²) in [6.07, 6.45) is 8.15. The number of piperidine rings is 1. The molecule has 0 bridgehead atoms. The van der Waals surface area contributed by atoms with Crippen molar-refractivity contribution in [1.82, 2.24) is 19.8 Å². The molecule has 136 valence electrons. The molecule has 5 nitrogen and oxygen atoms in total. The molecule has 0 aliphatic carbocycles. The van der Waals surface area contributed by atoms with E-state index in [1.165, 1.54) is 0 Å². The second-order valence-electron chi connectivity index (χ2n) is 7.58. The molecule has 0 atom stereocenters. The summed E-state index contributed by atoms with van der Waals surface area (Å²) < 4.78 is 0. The molecule has 1 spiro atoms. The van der Waals surface area contributed by atoms with Crippen molar-refractivity contribution in [3.8, 4) is 0 Å². The van der Waals surface area contributed by atoms with Crippen molar-refractivity contribution in [2.24, 2.45) is 5.41 Å². The Morgan fingerprint density at radius 3 is 2.38 bits per heavy atom. The lowest BCUT2D eigenvalue weighted by Gasteiger charge is -2.38. The fraction of sp³-hybridized carbons (Fsp3) is 0.450. The number of rotatable bonds is 4. The first-order valence-electron chi connectivity index (χ1n) is 9.10. The molecule has 2 saturated heterocycles. The van der Waals surface area contributed by atoms with E-state index in [0.29, 0.717) is 13.0 Å². The van der Waals surface area contributed by atoms with Crippen molar-refractivity contribution in [2.75, 3.05) is 19.6 Å². The monoisotopic (exact) mass is 370 g/mol. The summed E-state index contributed by atoms with van der Waals surface area (Å²) in [4.78, 5) is 25.2. The first-order valence-corrected chi connectivity index (χ1v) is 9.48. The minimum atomic E-state index is 0.146. The zero-order valence-electron chi connectivity index (χ0n) is 14.8. The van der Waals surface area contributed by atoms with Crippen LogP contribution in [0.1, 0.15) is 30.4 Å². The average Bonchev–Trinajstić information content (AvgIpc) is 2.95. The van der Waals surface area contributed by atoms with Crippen LogP contribution in [-0.2, 0) is 17.9 Å². The zero-order chi connectivity index (χ0) is 18.0. The summed E-state index contributed by atoms with van der Waals surface area (Å²) in [6.45, 7) is 4.49. The summed E-state index contributed by atoms with van der Waals surface area (Å²) in [5.41, 5.74) is 2.43. The number of likely N-dealkylation sites (tertiary alicyclic amines) is 2. The normalized spacial score (nSPS) is 20.0. The highest BCUT2D eigenvalue weighted by Crippen LogP contribution is 2.41. The summed E-state index contributed by atoms with van der Waals surface area (Å²) in [5.74, 6) is 0.282. The van der Waals surface area contributed by atoms with Crippen LogP contribution in [0.5, 0.6) is 0 Å². The van der Waals surface area contributed by atoms with Crippen LogP contribution in [0.25, 0.3) is 0 Å². The third kappa shape index (κ3) is 3.89. The molecule has 0 N–H and O–H groups in total. The van der Waals surface area contributed by atoms with E-state index in [1.54, 1.807) is 6.33 Å². The minimum Gasteiger partial charge on any atom is -0.338 e. The Hall–Kier alpha value is -1.98. The Labute approximate surface area is 159 Å². The van der Waals surface area contributed by atoms with E-state index in [4.69, 9.17) is 11.6 Å². The molecule has 0 unspecified atom stereocenters. The largest absolute Gasteiger partial charge is 0.338 e. The molecule has 4 rings (SSSR count).